The van der Waals surface area contributed by atoms with Gasteiger partial charge in [0.25, 0.3) is 0 Å². The van der Waals surface area contributed by atoms with E-state index in [2.05, 4.69) is 0 Å². The van der Waals surface area contributed by atoms with Gasteiger partial charge in [0.1, 0.15) is 0 Å². The minimum absolute atomic E-state index is 0.0535. The molecule has 1 rings (SSSR count). The quantitative estimate of drug-likeness (QED) is 0.713. The van der Waals surface area contributed by atoms with E-state index in [1.165, 1.54) is 0 Å². The van der Waals surface area contributed by atoms with Gasteiger partial charge in [-0.05, 0) is 27.2 Å². The molecule has 1 amide bonds. The van der Waals surface area contributed by atoms with Crippen LogP contribution in [0.3, 0.4) is 0 Å². The summed E-state index contributed by atoms with van der Waals surface area (Å²) in [7, 11) is 0. The number of rotatable bonds is 4. The maximum atomic E-state index is 11.5. The van der Waals surface area contributed by atoms with Crippen LogP contribution in [0.1, 0.15) is 27.2 Å². The standard InChI is InChI=1S/C10H20N2O2/c1-4-14-10(2,3)7-12-6-5-8(11)9(12)13/h8H,4-7,11H2,1-3H3. The van der Waals surface area contributed by atoms with Crippen molar-refractivity contribution >= 4 is 5.91 Å². The molecular formula is C10H20N2O2. The summed E-state index contributed by atoms with van der Waals surface area (Å²) in [6, 6.07) is -0.299. The summed E-state index contributed by atoms with van der Waals surface area (Å²) in [5, 5.41) is 0. The zero-order chi connectivity index (χ0) is 10.8. The second kappa shape index (κ2) is 4.28. The van der Waals surface area contributed by atoms with E-state index < -0.39 is 0 Å². The molecule has 4 nitrogen and oxygen atoms in total. The van der Waals surface area contributed by atoms with Gasteiger partial charge in [-0.2, -0.15) is 0 Å². The van der Waals surface area contributed by atoms with E-state index in [1.807, 2.05) is 20.8 Å². The smallest absolute Gasteiger partial charge is 0.239 e. The molecule has 1 aliphatic rings. The summed E-state index contributed by atoms with van der Waals surface area (Å²) in [5.41, 5.74) is 5.36. The highest BCUT2D eigenvalue weighted by molar-refractivity contribution is 5.83. The number of amides is 1. The fourth-order valence-electron chi connectivity index (χ4n) is 1.82. The van der Waals surface area contributed by atoms with Gasteiger partial charge >= 0.3 is 0 Å². The highest BCUT2D eigenvalue weighted by Crippen LogP contribution is 2.16. The van der Waals surface area contributed by atoms with Crippen molar-refractivity contribution in [2.24, 2.45) is 5.73 Å². The van der Waals surface area contributed by atoms with Crippen molar-refractivity contribution in [3.8, 4) is 0 Å². The number of carbonyl (C=O) groups is 1. The Morgan fingerprint density at radius 2 is 2.29 bits per heavy atom. The first kappa shape index (κ1) is 11.5. The van der Waals surface area contributed by atoms with Crippen LogP contribution in [0.2, 0.25) is 0 Å². The third kappa shape index (κ3) is 2.69. The van der Waals surface area contributed by atoms with Gasteiger partial charge in [-0.25, -0.2) is 0 Å². The molecule has 0 radical (unpaired) electrons. The van der Waals surface area contributed by atoms with E-state index in [4.69, 9.17) is 10.5 Å². The molecule has 1 unspecified atom stereocenters. The van der Waals surface area contributed by atoms with Crippen molar-refractivity contribution in [2.45, 2.75) is 38.8 Å². The number of carbonyl (C=O) groups excluding carboxylic acids is 1. The molecule has 2 N–H and O–H groups in total. The lowest BCUT2D eigenvalue weighted by molar-refractivity contribution is -0.132. The number of likely N-dealkylation sites (tertiary alicyclic amines) is 1. The second-order valence-electron chi connectivity index (χ2n) is 4.35. The first-order chi connectivity index (χ1) is 6.46. The van der Waals surface area contributed by atoms with E-state index >= 15 is 0 Å². The van der Waals surface area contributed by atoms with E-state index in [9.17, 15) is 4.79 Å². The van der Waals surface area contributed by atoms with Gasteiger partial charge in [-0.15, -0.1) is 0 Å². The molecule has 1 saturated heterocycles. The molecule has 0 aromatic carbocycles. The number of hydrogen-bond donors (Lipinski definition) is 1. The largest absolute Gasteiger partial charge is 0.374 e. The third-order valence-electron chi connectivity index (χ3n) is 2.45. The van der Waals surface area contributed by atoms with Gasteiger partial charge in [0, 0.05) is 19.7 Å². The number of hydrogen-bond acceptors (Lipinski definition) is 3. The Kier molecular flexibility index (Phi) is 3.50. The Bertz CT molecular complexity index is 216. The van der Waals surface area contributed by atoms with Crippen LogP contribution in [0, 0.1) is 0 Å². The van der Waals surface area contributed by atoms with Crippen molar-refractivity contribution in [1.29, 1.82) is 0 Å². The lowest BCUT2D eigenvalue weighted by Crippen LogP contribution is -2.43. The molecule has 0 saturated carbocycles. The summed E-state index contributed by atoms with van der Waals surface area (Å²) < 4.78 is 5.54. The van der Waals surface area contributed by atoms with Crippen LogP contribution in [-0.2, 0) is 9.53 Å². The predicted octanol–water partition coefficient (Wildman–Crippen LogP) is 0.361. The van der Waals surface area contributed by atoms with Gasteiger partial charge < -0.3 is 15.4 Å². The number of nitrogens with zero attached hydrogens (tertiary/aromatic N) is 1. The Morgan fingerprint density at radius 3 is 2.71 bits per heavy atom. The molecular weight excluding hydrogens is 180 g/mol. The average molecular weight is 200 g/mol. The summed E-state index contributed by atoms with van der Waals surface area (Å²) in [6.07, 6.45) is 0.765. The fourth-order valence-corrected chi connectivity index (χ4v) is 1.82. The van der Waals surface area contributed by atoms with Crippen LogP contribution >= 0.6 is 0 Å². The topological polar surface area (TPSA) is 55.6 Å². The molecule has 0 aromatic rings. The summed E-state index contributed by atoms with van der Waals surface area (Å²) >= 11 is 0. The van der Waals surface area contributed by atoms with E-state index in [0.717, 1.165) is 13.0 Å². The Morgan fingerprint density at radius 1 is 1.64 bits per heavy atom. The van der Waals surface area contributed by atoms with Crippen molar-refractivity contribution in [3.05, 3.63) is 0 Å². The molecule has 1 fully saturated rings. The van der Waals surface area contributed by atoms with Gasteiger partial charge in [-0.3, -0.25) is 4.79 Å². The van der Waals surface area contributed by atoms with E-state index in [1.54, 1.807) is 4.90 Å². The maximum absolute atomic E-state index is 11.5. The zero-order valence-corrected chi connectivity index (χ0v) is 9.25. The lowest BCUT2D eigenvalue weighted by Gasteiger charge is -2.30. The first-order valence-corrected chi connectivity index (χ1v) is 5.14. The monoisotopic (exact) mass is 200 g/mol. The Balaban J connectivity index is 2.48. The normalized spacial score (nSPS) is 23.3. The first-order valence-electron chi connectivity index (χ1n) is 5.14. The SMILES string of the molecule is CCOC(C)(C)CN1CCC(N)C1=O. The number of ether oxygens (including phenoxy) is 1. The van der Waals surface area contributed by atoms with Crippen LogP contribution in [-0.4, -0.2) is 42.1 Å². The molecule has 0 aromatic heterocycles. The molecule has 0 aliphatic carbocycles. The zero-order valence-electron chi connectivity index (χ0n) is 9.25. The lowest BCUT2D eigenvalue weighted by atomic mass is 10.1. The second-order valence-corrected chi connectivity index (χ2v) is 4.35. The van der Waals surface area contributed by atoms with Crippen LogP contribution in [0.25, 0.3) is 0 Å². The van der Waals surface area contributed by atoms with Crippen LogP contribution < -0.4 is 5.73 Å². The molecule has 1 aliphatic heterocycles. The minimum atomic E-state index is -0.299. The molecule has 82 valence electrons. The number of nitrogens with two attached hydrogens (primary N) is 1. The summed E-state index contributed by atoms with van der Waals surface area (Å²) in [4.78, 5) is 13.3. The van der Waals surface area contributed by atoms with Gasteiger partial charge in [-0.1, -0.05) is 0 Å². The van der Waals surface area contributed by atoms with Gasteiger partial charge in [0.2, 0.25) is 5.91 Å². The highest BCUT2D eigenvalue weighted by atomic mass is 16.5. The van der Waals surface area contributed by atoms with Crippen molar-refractivity contribution < 1.29 is 9.53 Å². The average Bonchev–Trinajstić information content (AvgIpc) is 2.35. The van der Waals surface area contributed by atoms with Gasteiger partial charge in [0.05, 0.1) is 11.6 Å². The van der Waals surface area contributed by atoms with Crippen molar-refractivity contribution in [1.82, 2.24) is 4.90 Å². The Labute approximate surface area is 85.4 Å². The van der Waals surface area contributed by atoms with Crippen LogP contribution in [0.5, 0.6) is 0 Å². The molecule has 1 heterocycles. The molecule has 0 bridgehead atoms. The minimum Gasteiger partial charge on any atom is -0.374 e. The summed E-state index contributed by atoms with van der Waals surface area (Å²) in [5.74, 6) is 0.0535. The van der Waals surface area contributed by atoms with Crippen molar-refractivity contribution in [3.63, 3.8) is 0 Å². The van der Waals surface area contributed by atoms with E-state index in [-0.39, 0.29) is 17.6 Å². The Hall–Kier alpha value is -0.610. The predicted molar refractivity (Wildman–Crippen MR) is 54.9 cm³/mol. The fraction of sp³-hybridized carbons (Fsp3) is 0.900. The molecule has 0 spiro atoms. The van der Waals surface area contributed by atoms with Crippen LogP contribution in [0.15, 0.2) is 0 Å². The van der Waals surface area contributed by atoms with Crippen LogP contribution in [0.4, 0.5) is 0 Å². The van der Waals surface area contributed by atoms with Crippen molar-refractivity contribution in [2.75, 3.05) is 19.7 Å². The molecule has 14 heavy (non-hydrogen) atoms. The highest BCUT2D eigenvalue weighted by Gasteiger charge is 2.32. The third-order valence-corrected chi connectivity index (χ3v) is 2.45. The van der Waals surface area contributed by atoms with E-state index in [0.29, 0.717) is 13.2 Å². The molecule has 4 heteroatoms. The van der Waals surface area contributed by atoms with Gasteiger partial charge in [0.15, 0.2) is 0 Å². The maximum Gasteiger partial charge on any atom is 0.239 e. The summed E-state index contributed by atoms with van der Waals surface area (Å²) in [6.45, 7) is 8.01. The molecule has 1 atom stereocenters.